The molecule has 1 aliphatic heterocycles. The Kier molecular flexibility index (Phi) is 5.62. The molecule has 0 bridgehead atoms. The lowest BCUT2D eigenvalue weighted by Crippen LogP contribution is -2.17. The molecule has 0 saturated heterocycles. The smallest absolute Gasteiger partial charge is 0.271 e. The number of halogens is 1. The SMILES string of the molecule is COc1ccc(N2Cc3ccc(C(=O)NN=Cc4cccc(Br)c4)cc3C2)cc1. The van der Waals surface area contributed by atoms with Crippen molar-refractivity contribution in [3.8, 4) is 5.75 Å². The zero-order valence-corrected chi connectivity index (χ0v) is 17.5. The third kappa shape index (κ3) is 4.49. The maximum atomic E-state index is 12.5. The zero-order chi connectivity index (χ0) is 20.2. The third-order valence-corrected chi connectivity index (χ3v) is 5.35. The van der Waals surface area contributed by atoms with Gasteiger partial charge in [-0.1, -0.05) is 34.1 Å². The molecule has 0 unspecified atom stereocenters. The van der Waals surface area contributed by atoms with E-state index in [1.165, 1.54) is 5.56 Å². The summed E-state index contributed by atoms with van der Waals surface area (Å²) in [6.45, 7) is 1.59. The van der Waals surface area contributed by atoms with Crippen molar-refractivity contribution in [3.63, 3.8) is 0 Å². The fourth-order valence-corrected chi connectivity index (χ4v) is 3.75. The first-order valence-electron chi connectivity index (χ1n) is 9.22. The van der Waals surface area contributed by atoms with Crippen molar-refractivity contribution in [2.24, 2.45) is 5.10 Å². The van der Waals surface area contributed by atoms with E-state index >= 15 is 0 Å². The van der Waals surface area contributed by atoms with Crippen LogP contribution in [0.15, 0.2) is 76.3 Å². The number of carbonyl (C=O) groups excluding carboxylic acids is 1. The molecule has 0 aromatic heterocycles. The van der Waals surface area contributed by atoms with E-state index in [4.69, 9.17) is 4.74 Å². The molecule has 146 valence electrons. The van der Waals surface area contributed by atoms with Crippen molar-refractivity contribution in [1.82, 2.24) is 5.43 Å². The number of methoxy groups -OCH3 is 1. The van der Waals surface area contributed by atoms with Crippen LogP contribution in [0.4, 0.5) is 5.69 Å². The first kappa shape index (κ1) is 19.2. The van der Waals surface area contributed by atoms with Gasteiger partial charge < -0.3 is 9.64 Å². The molecule has 1 N–H and O–H groups in total. The number of amides is 1. The minimum atomic E-state index is -0.220. The average molecular weight is 450 g/mol. The summed E-state index contributed by atoms with van der Waals surface area (Å²) >= 11 is 3.42. The van der Waals surface area contributed by atoms with E-state index in [0.29, 0.717) is 5.56 Å². The van der Waals surface area contributed by atoms with E-state index in [2.05, 4.69) is 43.5 Å². The number of benzene rings is 3. The van der Waals surface area contributed by atoms with Gasteiger partial charge in [-0.15, -0.1) is 0 Å². The second kappa shape index (κ2) is 8.49. The number of fused-ring (bicyclic) bond motifs is 1. The van der Waals surface area contributed by atoms with Crippen molar-refractivity contribution >= 4 is 33.7 Å². The van der Waals surface area contributed by atoms with Gasteiger partial charge in [-0.2, -0.15) is 5.10 Å². The van der Waals surface area contributed by atoms with Crippen LogP contribution in [0.1, 0.15) is 27.0 Å². The highest BCUT2D eigenvalue weighted by Crippen LogP contribution is 2.30. The second-order valence-electron chi connectivity index (χ2n) is 6.79. The third-order valence-electron chi connectivity index (χ3n) is 4.86. The van der Waals surface area contributed by atoms with E-state index in [1.54, 1.807) is 13.3 Å². The van der Waals surface area contributed by atoms with Gasteiger partial charge in [0.2, 0.25) is 0 Å². The molecule has 29 heavy (non-hydrogen) atoms. The fraction of sp³-hybridized carbons (Fsp3) is 0.130. The number of carbonyl (C=O) groups is 1. The fourth-order valence-electron chi connectivity index (χ4n) is 3.33. The van der Waals surface area contributed by atoms with Crippen LogP contribution in [-0.2, 0) is 13.1 Å². The van der Waals surface area contributed by atoms with Crippen LogP contribution in [0.25, 0.3) is 0 Å². The standard InChI is InChI=1S/C23H20BrN3O2/c1-29-22-9-7-21(8-10-22)27-14-18-6-5-17(12-19(18)15-27)23(28)26-25-13-16-3-2-4-20(24)11-16/h2-13H,14-15H2,1H3,(H,26,28). The zero-order valence-electron chi connectivity index (χ0n) is 15.9. The number of nitrogens with zero attached hydrogens (tertiary/aromatic N) is 2. The molecule has 0 fully saturated rings. The summed E-state index contributed by atoms with van der Waals surface area (Å²) in [6.07, 6.45) is 1.63. The number of hydrazone groups is 1. The number of ether oxygens (including phenoxy) is 1. The highest BCUT2D eigenvalue weighted by molar-refractivity contribution is 9.10. The molecule has 0 aliphatic carbocycles. The summed E-state index contributed by atoms with van der Waals surface area (Å²) < 4.78 is 6.19. The van der Waals surface area contributed by atoms with Gasteiger partial charge in [-0.25, -0.2) is 5.43 Å². The van der Waals surface area contributed by atoms with E-state index < -0.39 is 0 Å². The lowest BCUT2D eigenvalue weighted by molar-refractivity contribution is 0.0955. The quantitative estimate of drug-likeness (QED) is 0.451. The molecule has 5 nitrogen and oxygen atoms in total. The molecule has 0 saturated carbocycles. The molecule has 1 heterocycles. The minimum absolute atomic E-state index is 0.220. The number of hydrogen-bond donors (Lipinski definition) is 1. The number of anilines is 1. The topological polar surface area (TPSA) is 53.9 Å². The molecule has 0 atom stereocenters. The number of rotatable bonds is 5. The van der Waals surface area contributed by atoms with Crippen LogP contribution in [0, 0.1) is 0 Å². The van der Waals surface area contributed by atoms with Gasteiger partial charge in [-0.05, 0) is 65.2 Å². The molecule has 6 heteroatoms. The van der Waals surface area contributed by atoms with Gasteiger partial charge in [0.05, 0.1) is 13.3 Å². The summed E-state index contributed by atoms with van der Waals surface area (Å²) in [6, 6.07) is 21.5. The van der Waals surface area contributed by atoms with Crippen molar-refractivity contribution in [2.45, 2.75) is 13.1 Å². The normalized spacial score (nSPS) is 12.8. The average Bonchev–Trinajstić information content (AvgIpc) is 3.17. The monoisotopic (exact) mass is 449 g/mol. The Hall–Kier alpha value is -3.12. The van der Waals surface area contributed by atoms with Crippen molar-refractivity contribution in [1.29, 1.82) is 0 Å². The van der Waals surface area contributed by atoms with Crippen LogP contribution in [0.5, 0.6) is 5.75 Å². The highest BCUT2D eigenvalue weighted by atomic mass is 79.9. The van der Waals surface area contributed by atoms with E-state index in [9.17, 15) is 4.79 Å². The minimum Gasteiger partial charge on any atom is -0.497 e. The molecular weight excluding hydrogens is 430 g/mol. The molecule has 3 aromatic carbocycles. The highest BCUT2D eigenvalue weighted by Gasteiger charge is 2.20. The van der Waals surface area contributed by atoms with E-state index in [1.807, 2.05) is 54.6 Å². The Bertz CT molecular complexity index is 1060. The van der Waals surface area contributed by atoms with E-state index in [0.717, 1.165) is 40.1 Å². The molecular formula is C23H20BrN3O2. The van der Waals surface area contributed by atoms with E-state index in [-0.39, 0.29) is 5.91 Å². The Balaban J connectivity index is 1.42. The largest absolute Gasteiger partial charge is 0.497 e. The Morgan fingerprint density at radius 3 is 2.62 bits per heavy atom. The Labute approximate surface area is 178 Å². The first-order chi connectivity index (χ1) is 14.1. The molecule has 1 amide bonds. The number of hydrogen-bond acceptors (Lipinski definition) is 4. The summed E-state index contributed by atoms with van der Waals surface area (Å²) in [4.78, 5) is 14.7. The summed E-state index contributed by atoms with van der Waals surface area (Å²) in [5.41, 5.74) is 7.63. The van der Waals surface area contributed by atoms with Gasteiger partial charge in [0.1, 0.15) is 5.75 Å². The Morgan fingerprint density at radius 1 is 1.07 bits per heavy atom. The molecule has 0 spiro atoms. The van der Waals surface area contributed by atoms with Gasteiger partial charge in [0.15, 0.2) is 0 Å². The van der Waals surface area contributed by atoms with Crippen LogP contribution in [0.3, 0.4) is 0 Å². The van der Waals surface area contributed by atoms with Crippen LogP contribution < -0.4 is 15.1 Å². The molecule has 3 aromatic rings. The van der Waals surface area contributed by atoms with Gasteiger partial charge in [0.25, 0.3) is 5.91 Å². The predicted octanol–water partition coefficient (Wildman–Crippen LogP) is 4.74. The maximum absolute atomic E-state index is 12.5. The second-order valence-corrected chi connectivity index (χ2v) is 7.71. The predicted molar refractivity (Wildman–Crippen MR) is 119 cm³/mol. The lowest BCUT2D eigenvalue weighted by atomic mass is 10.1. The number of nitrogens with one attached hydrogen (secondary N) is 1. The lowest BCUT2D eigenvalue weighted by Gasteiger charge is -2.17. The van der Waals surface area contributed by atoms with Crippen LogP contribution in [0.2, 0.25) is 0 Å². The first-order valence-corrected chi connectivity index (χ1v) is 10.0. The van der Waals surface area contributed by atoms with Crippen LogP contribution >= 0.6 is 15.9 Å². The molecule has 1 aliphatic rings. The summed E-state index contributed by atoms with van der Waals surface area (Å²) in [5, 5.41) is 4.06. The van der Waals surface area contributed by atoms with Gasteiger partial charge in [0, 0.05) is 28.8 Å². The van der Waals surface area contributed by atoms with Crippen LogP contribution in [-0.4, -0.2) is 19.2 Å². The Morgan fingerprint density at radius 2 is 1.86 bits per heavy atom. The molecule has 0 radical (unpaired) electrons. The van der Waals surface area contributed by atoms with Crippen molar-refractivity contribution in [3.05, 3.63) is 93.5 Å². The summed E-state index contributed by atoms with van der Waals surface area (Å²) in [7, 11) is 1.66. The van der Waals surface area contributed by atoms with Crippen molar-refractivity contribution < 1.29 is 9.53 Å². The molecule has 4 rings (SSSR count). The maximum Gasteiger partial charge on any atom is 0.271 e. The van der Waals surface area contributed by atoms with Gasteiger partial charge in [-0.3, -0.25) is 4.79 Å². The van der Waals surface area contributed by atoms with Gasteiger partial charge >= 0.3 is 0 Å². The van der Waals surface area contributed by atoms with Crippen molar-refractivity contribution in [2.75, 3.05) is 12.0 Å². The summed E-state index contributed by atoms with van der Waals surface area (Å²) in [5.74, 6) is 0.620.